The quantitative estimate of drug-likeness (QED) is 0.303. The number of aryl methyl sites for hydroxylation is 1. The monoisotopic (exact) mass is 513 g/mol. The van der Waals surface area contributed by atoms with Gasteiger partial charge in [-0.25, -0.2) is 0 Å². The minimum absolute atomic E-state index is 0.0298. The van der Waals surface area contributed by atoms with Gasteiger partial charge in [-0.2, -0.15) is 0 Å². The lowest BCUT2D eigenvalue weighted by Crippen LogP contribution is -2.54. The van der Waals surface area contributed by atoms with Gasteiger partial charge in [-0.3, -0.25) is 19.8 Å². The molecular weight excluding hydrogens is 489 g/mol. The Morgan fingerprint density at radius 3 is 2.50 bits per heavy atom. The maximum atomic E-state index is 13.5. The summed E-state index contributed by atoms with van der Waals surface area (Å²) in [6.07, 6.45) is 3.86. The van der Waals surface area contributed by atoms with Gasteiger partial charge in [-0.05, 0) is 93.9 Å². The fourth-order valence-corrected chi connectivity index (χ4v) is 5.33. The number of amides is 2. The van der Waals surface area contributed by atoms with Crippen molar-refractivity contribution in [3.8, 4) is 0 Å². The van der Waals surface area contributed by atoms with Crippen LogP contribution in [-0.2, 0) is 9.59 Å². The van der Waals surface area contributed by atoms with Crippen LogP contribution in [0.2, 0.25) is 10.0 Å². The van der Waals surface area contributed by atoms with Crippen molar-refractivity contribution >= 4 is 75.4 Å². The number of halogens is 2. The van der Waals surface area contributed by atoms with E-state index in [0.29, 0.717) is 5.69 Å². The van der Waals surface area contributed by atoms with Crippen LogP contribution in [0.4, 0.5) is 11.4 Å². The molecule has 0 bridgehead atoms. The van der Waals surface area contributed by atoms with Gasteiger partial charge < -0.3 is 4.90 Å². The average molecular weight is 514 g/mol. The molecule has 2 aromatic carbocycles. The molecule has 0 unspecified atom stereocenters. The summed E-state index contributed by atoms with van der Waals surface area (Å²) >= 11 is 17.8. The van der Waals surface area contributed by atoms with E-state index < -0.39 is 11.8 Å². The first-order valence-corrected chi connectivity index (χ1v) is 12.1. The van der Waals surface area contributed by atoms with E-state index in [1.54, 1.807) is 24.3 Å². The zero-order valence-corrected chi connectivity index (χ0v) is 22.0. The number of hydrogen-bond donors (Lipinski definition) is 1. The third kappa shape index (κ3) is 4.04. The fourth-order valence-electron chi connectivity index (χ4n) is 4.67. The molecule has 176 valence electrons. The molecule has 2 heterocycles. The molecule has 1 saturated heterocycles. The van der Waals surface area contributed by atoms with Crippen LogP contribution >= 0.6 is 35.4 Å². The number of rotatable bonds is 3. The number of likely N-dealkylation sites (N-methyl/N-ethyl adjacent to an activating group) is 1. The van der Waals surface area contributed by atoms with Crippen LogP contribution in [0, 0.1) is 6.92 Å². The van der Waals surface area contributed by atoms with Gasteiger partial charge in [0.05, 0.1) is 21.3 Å². The van der Waals surface area contributed by atoms with Crippen LogP contribution in [0.15, 0.2) is 42.0 Å². The number of carbonyl (C=O) groups is 2. The van der Waals surface area contributed by atoms with Crippen molar-refractivity contribution in [2.45, 2.75) is 40.2 Å². The third-order valence-corrected chi connectivity index (χ3v) is 7.35. The first-order valence-electron chi connectivity index (χ1n) is 10.9. The molecule has 0 spiro atoms. The summed E-state index contributed by atoms with van der Waals surface area (Å²) in [5.41, 5.74) is 5.28. The molecule has 0 aliphatic carbocycles. The third-order valence-electron chi connectivity index (χ3n) is 6.26. The van der Waals surface area contributed by atoms with Crippen LogP contribution < -0.4 is 15.1 Å². The molecule has 1 fully saturated rings. The zero-order valence-electron chi connectivity index (χ0n) is 19.6. The fraction of sp³-hybridized carbons (Fsp3) is 0.269. The zero-order chi connectivity index (χ0) is 24.9. The van der Waals surface area contributed by atoms with E-state index >= 15 is 0 Å². The Labute approximate surface area is 215 Å². The summed E-state index contributed by atoms with van der Waals surface area (Å²) in [6, 6.07) is 9.07. The van der Waals surface area contributed by atoms with Crippen LogP contribution in [-0.4, -0.2) is 29.0 Å². The minimum Gasteiger partial charge on any atom is -0.363 e. The topological polar surface area (TPSA) is 52.7 Å². The van der Waals surface area contributed by atoms with E-state index in [4.69, 9.17) is 35.4 Å². The van der Waals surface area contributed by atoms with Crippen molar-refractivity contribution in [2.24, 2.45) is 0 Å². The summed E-state index contributed by atoms with van der Waals surface area (Å²) in [5, 5.41) is 3.03. The van der Waals surface area contributed by atoms with E-state index in [0.717, 1.165) is 34.5 Å². The Kier molecular flexibility index (Phi) is 6.36. The van der Waals surface area contributed by atoms with E-state index in [-0.39, 0.29) is 26.3 Å². The van der Waals surface area contributed by atoms with Crippen LogP contribution in [0.25, 0.3) is 11.6 Å². The molecular formula is C26H25Cl2N3O2S. The Morgan fingerprint density at radius 2 is 1.82 bits per heavy atom. The SMILES string of the molecule is CCN1c2cc(C)c(/C=C3\C(=O)NC(=S)N(c4cccc(Cl)c4Cl)C3=O)cc2C(C)=CC1(C)C. The Balaban J connectivity index is 1.82. The van der Waals surface area contributed by atoms with Crippen LogP contribution in [0.3, 0.4) is 0 Å². The molecule has 8 heteroatoms. The Morgan fingerprint density at radius 1 is 1.12 bits per heavy atom. The lowest BCUT2D eigenvalue weighted by atomic mass is 9.86. The lowest BCUT2D eigenvalue weighted by Gasteiger charge is -2.43. The van der Waals surface area contributed by atoms with Gasteiger partial charge in [-0.1, -0.05) is 35.3 Å². The van der Waals surface area contributed by atoms with Gasteiger partial charge in [-0.15, -0.1) is 0 Å². The number of nitrogens with one attached hydrogen (secondary N) is 1. The molecule has 0 atom stereocenters. The minimum atomic E-state index is -0.557. The molecule has 4 rings (SSSR count). The van der Waals surface area contributed by atoms with Crippen molar-refractivity contribution in [2.75, 3.05) is 16.3 Å². The molecule has 5 nitrogen and oxygen atoms in total. The van der Waals surface area contributed by atoms with Crippen LogP contribution in [0.5, 0.6) is 0 Å². The second-order valence-corrected chi connectivity index (χ2v) is 10.2. The second kappa shape index (κ2) is 8.84. The normalized spacial score (nSPS) is 18.7. The predicted octanol–water partition coefficient (Wildman–Crippen LogP) is 6.15. The Bertz CT molecular complexity index is 1310. The van der Waals surface area contributed by atoms with E-state index in [1.165, 1.54) is 4.90 Å². The number of thiocarbonyl (C=S) groups is 1. The molecule has 2 aliphatic rings. The average Bonchev–Trinajstić information content (AvgIpc) is 2.74. The van der Waals surface area contributed by atoms with Crippen molar-refractivity contribution < 1.29 is 9.59 Å². The maximum absolute atomic E-state index is 13.5. The summed E-state index contributed by atoms with van der Waals surface area (Å²) < 4.78 is 0. The summed E-state index contributed by atoms with van der Waals surface area (Å²) in [5.74, 6) is -1.11. The summed E-state index contributed by atoms with van der Waals surface area (Å²) in [4.78, 5) is 29.8. The van der Waals surface area contributed by atoms with Crippen molar-refractivity contribution in [1.82, 2.24) is 5.32 Å². The summed E-state index contributed by atoms with van der Waals surface area (Å²) in [6.45, 7) is 11.4. The predicted molar refractivity (Wildman–Crippen MR) is 145 cm³/mol. The van der Waals surface area contributed by atoms with Gasteiger partial charge in [0, 0.05) is 17.8 Å². The van der Waals surface area contributed by atoms with Gasteiger partial charge in [0.2, 0.25) is 0 Å². The standard InChI is InChI=1S/C26H25Cl2N3O2S/c1-6-30-21-10-14(2)16(11-17(21)15(3)13-26(30,4)5)12-18-23(32)29-25(34)31(24(18)33)20-9-7-8-19(27)22(20)28/h7-13H,6H2,1-5H3,(H,29,32,34)/b18-12+. The van der Waals surface area contributed by atoms with Crippen molar-refractivity contribution in [3.05, 3.63) is 68.7 Å². The molecule has 2 aliphatic heterocycles. The molecule has 0 aromatic heterocycles. The van der Waals surface area contributed by atoms with Crippen molar-refractivity contribution in [1.29, 1.82) is 0 Å². The van der Waals surface area contributed by atoms with Gasteiger partial charge in [0.15, 0.2) is 5.11 Å². The highest BCUT2D eigenvalue weighted by molar-refractivity contribution is 7.80. The number of hydrogen-bond acceptors (Lipinski definition) is 4. The van der Waals surface area contributed by atoms with E-state index in [2.05, 4.69) is 50.1 Å². The Hall–Kier alpha value is -2.67. The largest absolute Gasteiger partial charge is 0.363 e. The maximum Gasteiger partial charge on any atom is 0.270 e. The number of carbonyl (C=O) groups excluding carboxylic acids is 2. The van der Waals surface area contributed by atoms with Crippen molar-refractivity contribution in [3.63, 3.8) is 0 Å². The van der Waals surface area contributed by atoms with Crippen LogP contribution in [0.1, 0.15) is 44.4 Å². The molecule has 0 saturated carbocycles. The number of allylic oxidation sites excluding steroid dienone is 1. The number of nitrogens with zero attached hydrogens (tertiary/aromatic N) is 2. The highest BCUT2D eigenvalue weighted by atomic mass is 35.5. The second-order valence-electron chi connectivity index (χ2n) is 8.98. The summed E-state index contributed by atoms with van der Waals surface area (Å²) in [7, 11) is 0. The molecule has 0 radical (unpaired) electrons. The molecule has 1 N–H and O–H groups in total. The number of anilines is 2. The van der Waals surface area contributed by atoms with Gasteiger partial charge in [0.1, 0.15) is 5.57 Å². The highest BCUT2D eigenvalue weighted by Gasteiger charge is 2.36. The molecule has 34 heavy (non-hydrogen) atoms. The van der Waals surface area contributed by atoms with Gasteiger partial charge >= 0.3 is 0 Å². The van der Waals surface area contributed by atoms with E-state index in [1.807, 2.05) is 13.0 Å². The first kappa shape index (κ1) is 24.5. The van der Waals surface area contributed by atoms with Gasteiger partial charge in [0.25, 0.3) is 11.8 Å². The smallest absolute Gasteiger partial charge is 0.270 e. The highest BCUT2D eigenvalue weighted by Crippen LogP contribution is 2.41. The number of benzene rings is 2. The lowest BCUT2D eigenvalue weighted by molar-refractivity contribution is -0.122. The molecule has 2 aromatic rings. The first-order chi connectivity index (χ1) is 16.0. The number of fused-ring (bicyclic) bond motifs is 1. The van der Waals surface area contributed by atoms with E-state index in [9.17, 15) is 9.59 Å². The molecule has 2 amide bonds.